The number of amides is 1. The first-order valence-corrected chi connectivity index (χ1v) is 6.47. The van der Waals surface area contributed by atoms with Crippen molar-refractivity contribution >= 4 is 11.7 Å². The second-order valence-electron chi connectivity index (χ2n) is 4.96. The number of carbonyl (C=O) groups excluding carboxylic acids is 1. The number of pyridine rings is 1. The zero-order chi connectivity index (χ0) is 13.4. The topological polar surface area (TPSA) is 63.2 Å². The maximum absolute atomic E-state index is 14.0. The van der Waals surface area contributed by atoms with Gasteiger partial charge < -0.3 is 15.4 Å². The van der Waals surface area contributed by atoms with E-state index in [0.29, 0.717) is 0 Å². The number of ether oxygens (including phenoxy) is 1. The van der Waals surface area contributed by atoms with E-state index >= 15 is 0 Å². The first kappa shape index (κ1) is 12.3. The Morgan fingerprint density at radius 3 is 3.00 bits per heavy atom. The van der Waals surface area contributed by atoms with Gasteiger partial charge in [0.2, 0.25) is 0 Å². The molecule has 3 atom stereocenters. The minimum absolute atomic E-state index is 0.00292. The molecule has 0 radical (unpaired) electrons. The number of halogens is 1. The molecule has 3 heterocycles. The average Bonchev–Trinajstić information content (AvgIpc) is 3.01. The molecule has 0 aromatic carbocycles. The van der Waals surface area contributed by atoms with Gasteiger partial charge in [-0.25, -0.2) is 9.37 Å². The van der Waals surface area contributed by atoms with Crippen LogP contribution in [0.1, 0.15) is 29.6 Å². The first-order chi connectivity index (χ1) is 9.19. The Labute approximate surface area is 110 Å². The van der Waals surface area contributed by atoms with Crippen molar-refractivity contribution in [2.24, 2.45) is 0 Å². The van der Waals surface area contributed by atoms with Crippen molar-refractivity contribution in [3.05, 3.63) is 23.6 Å². The van der Waals surface area contributed by atoms with E-state index in [4.69, 9.17) is 4.74 Å². The summed E-state index contributed by atoms with van der Waals surface area (Å²) in [5, 5.41) is 5.48. The van der Waals surface area contributed by atoms with Crippen LogP contribution in [-0.2, 0) is 4.74 Å². The number of carbonyl (C=O) groups is 1. The summed E-state index contributed by atoms with van der Waals surface area (Å²) >= 11 is 0. The van der Waals surface area contributed by atoms with Crippen molar-refractivity contribution in [1.82, 2.24) is 10.3 Å². The lowest BCUT2D eigenvalue weighted by Crippen LogP contribution is -2.41. The zero-order valence-electron chi connectivity index (χ0n) is 10.6. The molecular formula is C13H16FN3O2. The largest absolute Gasteiger partial charge is 0.373 e. The van der Waals surface area contributed by atoms with Gasteiger partial charge >= 0.3 is 0 Å². The molecule has 2 N–H and O–H groups in total. The number of fused-ring (bicyclic) bond motifs is 2. The van der Waals surface area contributed by atoms with Gasteiger partial charge in [-0.1, -0.05) is 0 Å². The fourth-order valence-corrected chi connectivity index (χ4v) is 2.83. The summed E-state index contributed by atoms with van der Waals surface area (Å²) in [4.78, 5) is 15.9. The molecule has 0 spiro atoms. The summed E-state index contributed by atoms with van der Waals surface area (Å²) in [5.41, 5.74) is 0.0159. The molecule has 3 unspecified atom stereocenters. The molecular weight excluding hydrogens is 249 g/mol. The Balaban J connectivity index is 1.74. The van der Waals surface area contributed by atoms with Crippen LogP contribution in [0.15, 0.2) is 12.3 Å². The van der Waals surface area contributed by atoms with Crippen molar-refractivity contribution < 1.29 is 13.9 Å². The standard InChI is InChI=1S/C13H16FN3O2/c1-15-12-11(14)8(4-5-16-12)13(18)17-9-6-7-2-3-10(9)19-7/h4-5,7,9-10H,2-3,6H2,1H3,(H,15,16)(H,17,18). The fraction of sp³-hybridized carbons (Fsp3) is 0.538. The smallest absolute Gasteiger partial charge is 0.254 e. The van der Waals surface area contributed by atoms with Crippen LogP contribution in [0.25, 0.3) is 0 Å². The quantitative estimate of drug-likeness (QED) is 0.865. The second kappa shape index (κ2) is 4.77. The average molecular weight is 265 g/mol. The Morgan fingerprint density at radius 2 is 2.37 bits per heavy atom. The van der Waals surface area contributed by atoms with E-state index < -0.39 is 11.7 Å². The number of nitrogens with zero attached hydrogens (tertiary/aromatic N) is 1. The zero-order valence-corrected chi connectivity index (χ0v) is 10.6. The third kappa shape index (κ3) is 2.16. The molecule has 0 saturated carbocycles. The number of aromatic nitrogens is 1. The highest BCUT2D eigenvalue weighted by Gasteiger charge is 2.41. The highest BCUT2D eigenvalue weighted by Crippen LogP contribution is 2.34. The predicted molar refractivity (Wildman–Crippen MR) is 67.5 cm³/mol. The van der Waals surface area contributed by atoms with Gasteiger partial charge in [-0.2, -0.15) is 0 Å². The molecule has 1 aromatic rings. The summed E-state index contributed by atoms with van der Waals surface area (Å²) in [7, 11) is 1.57. The van der Waals surface area contributed by atoms with E-state index in [1.807, 2.05) is 0 Å². The van der Waals surface area contributed by atoms with E-state index in [2.05, 4.69) is 15.6 Å². The highest BCUT2D eigenvalue weighted by molar-refractivity contribution is 5.95. The summed E-state index contributed by atoms with van der Waals surface area (Å²) in [6.07, 6.45) is 4.61. The van der Waals surface area contributed by atoms with Crippen LogP contribution in [0.3, 0.4) is 0 Å². The molecule has 2 aliphatic rings. The molecule has 2 aliphatic heterocycles. The number of hydrogen-bond donors (Lipinski definition) is 2. The van der Waals surface area contributed by atoms with E-state index in [1.165, 1.54) is 12.3 Å². The van der Waals surface area contributed by atoms with Crippen LogP contribution < -0.4 is 10.6 Å². The van der Waals surface area contributed by atoms with Crippen LogP contribution in [0.4, 0.5) is 10.2 Å². The van der Waals surface area contributed by atoms with Crippen molar-refractivity contribution in [3.63, 3.8) is 0 Å². The second-order valence-corrected chi connectivity index (χ2v) is 4.96. The maximum Gasteiger partial charge on any atom is 0.254 e. The number of anilines is 1. The van der Waals surface area contributed by atoms with Crippen LogP contribution in [0.5, 0.6) is 0 Å². The van der Waals surface area contributed by atoms with Gasteiger partial charge in [0.15, 0.2) is 11.6 Å². The third-order valence-corrected chi connectivity index (χ3v) is 3.79. The Bertz CT molecular complexity index is 509. The monoisotopic (exact) mass is 265 g/mol. The van der Waals surface area contributed by atoms with Gasteiger partial charge in [0.05, 0.1) is 23.8 Å². The molecule has 3 rings (SSSR count). The minimum atomic E-state index is -0.619. The van der Waals surface area contributed by atoms with Gasteiger partial charge in [0, 0.05) is 13.2 Å². The fourth-order valence-electron chi connectivity index (χ4n) is 2.83. The summed E-state index contributed by atoms with van der Waals surface area (Å²) in [6, 6.07) is 1.39. The van der Waals surface area contributed by atoms with Gasteiger partial charge in [-0.3, -0.25) is 4.79 Å². The lowest BCUT2D eigenvalue weighted by atomic mass is 9.95. The molecule has 1 amide bonds. The summed E-state index contributed by atoms with van der Waals surface area (Å²) in [6.45, 7) is 0. The van der Waals surface area contributed by atoms with Crippen LogP contribution in [0.2, 0.25) is 0 Å². The lowest BCUT2D eigenvalue weighted by Gasteiger charge is -2.20. The molecule has 2 bridgehead atoms. The molecule has 102 valence electrons. The van der Waals surface area contributed by atoms with Crippen molar-refractivity contribution in [2.75, 3.05) is 12.4 Å². The van der Waals surface area contributed by atoms with Gasteiger partial charge in [0.25, 0.3) is 5.91 Å². The third-order valence-electron chi connectivity index (χ3n) is 3.79. The molecule has 2 fully saturated rings. The first-order valence-electron chi connectivity index (χ1n) is 6.47. The van der Waals surface area contributed by atoms with E-state index in [9.17, 15) is 9.18 Å². The number of hydrogen-bond acceptors (Lipinski definition) is 4. The number of nitrogens with one attached hydrogen (secondary N) is 2. The van der Waals surface area contributed by atoms with Crippen molar-refractivity contribution in [2.45, 2.75) is 37.5 Å². The van der Waals surface area contributed by atoms with Crippen LogP contribution in [0, 0.1) is 5.82 Å². The maximum atomic E-state index is 14.0. The Kier molecular flexibility index (Phi) is 3.10. The van der Waals surface area contributed by atoms with Crippen molar-refractivity contribution in [1.29, 1.82) is 0 Å². The molecule has 5 nitrogen and oxygen atoms in total. The lowest BCUT2D eigenvalue weighted by molar-refractivity contribution is 0.0838. The van der Waals surface area contributed by atoms with Crippen molar-refractivity contribution in [3.8, 4) is 0 Å². The SMILES string of the molecule is CNc1nccc(C(=O)NC2CC3CCC2O3)c1F. The van der Waals surface area contributed by atoms with Gasteiger partial charge in [-0.05, 0) is 25.3 Å². The molecule has 0 aliphatic carbocycles. The highest BCUT2D eigenvalue weighted by atomic mass is 19.1. The predicted octanol–water partition coefficient (Wildman–Crippen LogP) is 1.31. The molecule has 2 saturated heterocycles. The van der Waals surface area contributed by atoms with E-state index in [1.54, 1.807) is 7.05 Å². The molecule has 19 heavy (non-hydrogen) atoms. The van der Waals surface area contributed by atoms with E-state index in [0.717, 1.165) is 19.3 Å². The van der Waals surface area contributed by atoms with Crippen LogP contribution >= 0.6 is 0 Å². The van der Waals surface area contributed by atoms with Gasteiger partial charge in [-0.15, -0.1) is 0 Å². The Hall–Kier alpha value is -1.69. The number of rotatable bonds is 3. The van der Waals surface area contributed by atoms with Gasteiger partial charge in [0.1, 0.15) is 0 Å². The molecule has 6 heteroatoms. The van der Waals surface area contributed by atoms with E-state index in [-0.39, 0.29) is 29.6 Å². The summed E-state index contributed by atoms with van der Waals surface area (Å²) < 4.78 is 19.6. The summed E-state index contributed by atoms with van der Waals surface area (Å²) in [5.74, 6) is -0.944. The minimum Gasteiger partial charge on any atom is -0.373 e. The van der Waals surface area contributed by atoms with Crippen LogP contribution in [-0.4, -0.2) is 36.2 Å². The normalized spacial score (nSPS) is 28.4. The Morgan fingerprint density at radius 1 is 1.53 bits per heavy atom. The molecule has 1 aromatic heterocycles.